The number of ether oxygens (including phenoxy) is 2. The van der Waals surface area contributed by atoms with Gasteiger partial charge in [-0.2, -0.15) is 132 Å². The summed E-state index contributed by atoms with van der Waals surface area (Å²) < 4.78 is 400. The molecule has 0 heterocycles. The molecular formula is C21H8F30O4. The average Bonchev–Trinajstić information content (AvgIpc) is 2.96. The van der Waals surface area contributed by atoms with E-state index in [9.17, 15) is 141 Å². The molecule has 0 N–H and O–H groups in total. The van der Waals surface area contributed by atoms with Crippen molar-refractivity contribution in [3.8, 4) is 0 Å². The Labute approximate surface area is 279 Å². The van der Waals surface area contributed by atoms with Gasteiger partial charge in [0, 0.05) is 11.6 Å². The van der Waals surface area contributed by atoms with E-state index in [1.807, 2.05) is 0 Å². The van der Waals surface area contributed by atoms with Gasteiger partial charge >= 0.3 is 95.4 Å². The Hall–Kier alpha value is -3.42. The Morgan fingerprint density at radius 3 is 0.836 bits per heavy atom. The van der Waals surface area contributed by atoms with Crippen LogP contribution in [0.15, 0.2) is 11.6 Å². The predicted octanol–water partition coefficient (Wildman–Crippen LogP) is 9.77. The van der Waals surface area contributed by atoms with Crippen LogP contribution < -0.4 is 0 Å². The first-order valence-electron chi connectivity index (χ1n) is 12.1. The number of rotatable bonds is 16. The molecule has 0 saturated heterocycles. The lowest BCUT2D eigenvalue weighted by Crippen LogP contribution is -2.73. The molecule has 0 aliphatic heterocycles. The Morgan fingerprint density at radius 1 is 0.364 bits per heavy atom. The van der Waals surface area contributed by atoms with Crippen molar-refractivity contribution in [2.24, 2.45) is 0 Å². The van der Waals surface area contributed by atoms with Gasteiger partial charge in [-0.05, 0) is 6.92 Å². The van der Waals surface area contributed by atoms with Gasteiger partial charge in [-0.1, -0.05) is 0 Å². The van der Waals surface area contributed by atoms with Gasteiger partial charge in [0.2, 0.25) is 0 Å². The van der Waals surface area contributed by atoms with Crippen molar-refractivity contribution in [1.82, 2.24) is 0 Å². The van der Waals surface area contributed by atoms with Crippen LogP contribution in [0.25, 0.3) is 0 Å². The van der Waals surface area contributed by atoms with Crippen LogP contribution in [0, 0.1) is 0 Å². The Bertz CT molecular complexity index is 1450. The summed E-state index contributed by atoms with van der Waals surface area (Å²) in [5, 5.41) is 0. The van der Waals surface area contributed by atoms with Gasteiger partial charge in [-0.15, -0.1) is 0 Å². The fourth-order valence-corrected chi connectivity index (χ4v) is 2.89. The third-order valence-corrected chi connectivity index (χ3v) is 6.22. The van der Waals surface area contributed by atoms with Gasteiger partial charge in [-0.25, -0.2) is 9.59 Å². The third kappa shape index (κ3) is 7.69. The molecule has 34 heteroatoms. The first kappa shape index (κ1) is 51.6. The second-order valence-electron chi connectivity index (χ2n) is 10.2. The van der Waals surface area contributed by atoms with E-state index in [1.54, 1.807) is 0 Å². The highest BCUT2D eigenvalue weighted by atomic mass is 19.4. The largest absolute Gasteiger partial charge is 0.460 e. The van der Waals surface area contributed by atoms with E-state index in [1.165, 1.54) is 0 Å². The van der Waals surface area contributed by atoms with E-state index in [0.717, 1.165) is 0 Å². The highest BCUT2D eigenvalue weighted by molar-refractivity contribution is 5.95. The maximum Gasteiger partial charge on any atom is 0.460 e. The number of esters is 2. The minimum Gasteiger partial charge on any atom is -0.456 e. The summed E-state index contributed by atoms with van der Waals surface area (Å²) in [5.74, 6) is -106. The van der Waals surface area contributed by atoms with Crippen molar-refractivity contribution in [3.05, 3.63) is 11.6 Å². The summed E-state index contributed by atoms with van der Waals surface area (Å²) in [6.07, 6.45) is -16.9. The molecule has 0 unspecified atom stereocenters. The highest BCUT2D eigenvalue weighted by Crippen LogP contribution is 2.64. The number of alkyl halides is 30. The standard InChI is InChI=1S/C21H8F30O4/c1-5(7(53)55-4-9(24,25)11(28,29)13(32,33)15(36,37)17(40,41)19(44,45)21(49,50)51)2-6(52)54-3-8(22,23)10(26,27)12(30,31)14(34,35)16(38,39)18(42,43)20(46,47)48/h2H,3-4H2,1H3/b5-2-. The summed E-state index contributed by atoms with van der Waals surface area (Å²) in [6, 6.07) is 0. The van der Waals surface area contributed by atoms with Crippen LogP contribution in [0.5, 0.6) is 0 Å². The molecule has 0 fully saturated rings. The first-order chi connectivity index (χ1) is 23.4. The van der Waals surface area contributed by atoms with E-state index in [4.69, 9.17) is 0 Å². The molecule has 0 aliphatic carbocycles. The molecule has 55 heavy (non-hydrogen) atoms. The maximum atomic E-state index is 13.8. The Kier molecular flexibility index (Phi) is 13.0. The van der Waals surface area contributed by atoms with Crippen LogP contribution in [0.2, 0.25) is 0 Å². The number of carbonyl (C=O) groups is 2. The topological polar surface area (TPSA) is 52.6 Å². The van der Waals surface area contributed by atoms with Crippen LogP contribution in [0.1, 0.15) is 6.92 Å². The monoisotopic (exact) mass is 894 g/mol. The zero-order valence-corrected chi connectivity index (χ0v) is 24.5. The predicted molar refractivity (Wildman–Crippen MR) is 107 cm³/mol. The second-order valence-corrected chi connectivity index (χ2v) is 10.2. The second kappa shape index (κ2) is 13.9. The molecule has 0 aromatic carbocycles. The molecule has 0 saturated carbocycles. The summed E-state index contributed by atoms with van der Waals surface area (Å²) in [7, 11) is 0. The molecule has 0 atom stereocenters. The van der Waals surface area contributed by atoms with Crippen molar-refractivity contribution in [1.29, 1.82) is 0 Å². The molecule has 0 radical (unpaired) electrons. The molecule has 0 bridgehead atoms. The number of carbonyl (C=O) groups excluding carboxylic acids is 2. The molecule has 0 aliphatic rings. The van der Waals surface area contributed by atoms with Crippen molar-refractivity contribution in [2.45, 2.75) is 90.3 Å². The van der Waals surface area contributed by atoms with Crippen molar-refractivity contribution in [2.75, 3.05) is 13.2 Å². The van der Waals surface area contributed by atoms with Crippen molar-refractivity contribution in [3.63, 3.8) is 0 Å². The minimum atomic E-state index is -8.79. The first-order valence-corrected chi connectivity index (χ1v) is 12.1. The summed E-state index contributed by atoms with van der Waals surface area (Å²) in [6.45, 7) is -7.90. The Morgan fingerprint density at radius 2 is 0.582 bits per heavy atom. The lowest BCUT2D eigenvalue weighted by molar-refractivity contribution is -0.453. The fourth-order valence-electron chi connectivity index (χ4n) is 2.89. The summed E-state index contributed by atoms with van der Waals surface area (Å²) in [4.78, 5) is 22.9. The highest BCUT2D eigenvalue weighted by Gasteiger charge is 2.95. The molecule has 0 aromatic heterocycles. The third-order valence-electron chi connectivity index (χ3n) is 6.22. The van der Waals surface area contributed by atoms with E-state index in [-0.39, 0.29) is 6.92 Å². The molecule has 0 aromatic rings. The zero-order chi connectivity index (χ0) is 45.3. The van der Waals surface area contributed by atoms with Crippen molar-refractivity contribution >= 4 is 11.9 Å². The smallest absolute Gasteiger partial charge is 0.456 e. The lowest BCUT2D eigenvalue weighted by Gasteiger charge is -2.41. The Balaban J connectivity index is 6.22. The number of hydrogen-bond donors (Lipinski definition) is 0. The normalized spacial score (nSPS) is 16.3. The van der Waals surface area contributed by atoms with E-state index in [0.29, 0.717) is 0 Å². The van der Waals surface area contributed by atoms with Gasteiger partial charge in [0.25, 0.3) is 0 Å². The van der Waals surface area contributed by atoms with Crippen LogP contribution in [-0.4, -0.2) is 109 Å². The van der Waals surface area contributed by atoms with Gasteiger partial charge in [0.05, 0.1) is 0 Å². The van der Waals surface area contributed by atoms with E-state index in [2.05, 4.69) is 9.47 Å². The summed E-state index contributed by atoms with van der Waals surface area (Å²) >= 11 is 0. The van der Waals surface area contributed by atoms with Crippen LogP contribution >= 0.6 is 0 Å². The molecule has 326 valence electrons. The molecular weight excluding hydrogens is 886 g/mol. The van der Waals surface area contributed by atoms with Gasteiger partial charge < -0.3 is 9.47 Å². The van der Waals surface area contributed by atoms with Crippen LogP contribution in [0.4, 0.5) is 132 Å². The lowest BCUT2D eigenvalue weighted by atomic mass is 9.91. The minimum absolute atomic E-state index is 0.146. The molecule has 4 nitrogen and oxygen atoms in total. The van der Waals surface area contributed by atoms with Crippen LogP contribution in [0.3, 0.4) is 0 Å². The maximum absolute atomic E-state index is 13.8. The average molecular weight is 894 g/mol. The van der Waals surface area contributed by atoms with Gasteiger partial charge in [0.1, 0.15) is 0 Å². The van der Waals surface area contributed by atoms with Gasteiger partial charge in [-0.3, -0.25) is 0 Å². The van der Waals surface area contributed by atoms with Crippen molar-refractivity contribution < 1.29 is 151 Å². The molecule has 0 spiro atoms. The molecule has 0 amide bonds. The SMILES string of the molecule is C/C(=C/C(=O)OCC(F)(F)C(F)(F)C(F)(F)C(F)(F)C(F)(F)C(F)(F)C(F)(F)F)C(=O)OCC(F)(F)C(F)(F)C(F)(F)C(F)(F)C(F)(F)C(F)(F)C(F)(F)F. The van der Waals surface area contributed by atoms with Crippen LogP contribution in [-0.2, 0) is 19.1 Å². The quantitative estimate of drug-likeness (QED) is 0.0881. The zero-order valence-electron chi connectivity index (χ0n) is 24.5. The van der Waals surface area contributed by atoms with E-state index >= 15 is 0 Å². The van der Waals surface area contributed by atoms with E-state index < -0.39 is 120 Å². The number of hydrogen-bond acceptors (Lipinski definition) is 4. The fraction of sp³-hybridized carbons (Fsp3) is 0.810. The van der Waals surface area contributed by atoms with Gasteiger partial charge in [0.15, 0.2) is 13.2 Å². The number of halogens is 30. The summed E-state index contributed by atoms with van der Waals surface area (Å²) in [5.41, 5.74) is -2.00. The molecule has 0 rings (SSSR count).